The number of benzene rings is 1. The van der Waals surface area contributed by atoms with E-state index < -0.39 is 12.0 Å². The van der Waals surface area contributed by atoms with E-state index in [-0.39, 0.29) is 12.3 Å². The molecule has 0 fully saturated rings. The molecular weight excluding hydrogens is 320 g/mol. The highest BCUT2D eigenvalue weighted by atomic mass is 16.5. The maximum Gasteiger partial charge on any atom is 0.326 e. The molecule has 0 saturated heterocycles. The Morgan fingerprint density at radius 3 is 2.44 bits per heavy atom. The molecule has 1 rings (SSSR count). The third-order valence-electron chi connectivity index (χ3n) is 3.84. The molecule has 0 spiro atoms. The average Bonchev–Trinajstić information content (AvgIpc) is 2.59. The minimum Gasteiger partial charge on any atom is -0.494 e. The number of carboxylic acid groups (broad SMARTS) is 1. The summed E-state index contributed by atoms with van der Waals surface area (Å²) >= 11 is 0. The van der Waals surface area contributed by atoms with Crippen molar-refractivity contribution in [3.63, 3.8) is 0 Å². The largest absolute Gasteiger partial charge is 0.494 e. The van der Waals surface area contributed by atoms with Crippen molar-refractivity contribution in [1.82, 2.24) is 5.32 Å². The topological polar surface area (TPSA) is 102 Å². The Bertz CT molecular complexity index is 517. The van der Waals surface area contributed by atoms with Gasteiger partial charge in [0.15, 0.2) is 0 Å². The molecule has 1 aromatic carbocycles. The van der Waals surface area contributed by atoms with Crippen LogP contribution < -0.4 is 15.8 Å². The molecule has 0 aromatic heterocycles. The summed E-state index contributed by atoms with van der Waals surface area (Å²) in [4.78, 5) is 22.9. The van der Waals surface area contributed by atoms with Crippen molar-refractivity contribution in [2.45, 2.75) is 57.9 Å². The van der Waals surface area contributed by atoms with Gasteiger partial charge in [0, 0.05) is 12.8 Å². The van der Waals surface area contributed by atoms with Crippen LogP contribution in [0, 0.1) is 0 Å². The van der Waals surface area contributed by atoms with Gasteiger partial charge >= 0.3 is 5.97 Å². The normalized spacial score (nSPS) is 11.8. The number of amides is 1. The number of carbonyl (C=O) groups is 2. The monoisotopic (exact) mass is 350 g/mol. The van der Waals surface area contributed by atoms with E-state index in [2.05, 4.69) is 5.32 Å². The van der Waals surface area contributed by atoms with Gasteiger partial charge < -0.3 is 20.9 Å². The van der Waals surface area contributed by atoms with Gasteiger partial charge in [0.05, 0.1) is 6.61 Å². The molecule has 0 radical (unpaired) electrons. The number of aliphatic carboxylic acids is 1. The lowest BCUT2D eigenvalue weighted by Crippen LogP contribution is -2.42. The number of nitrogens with two attached hydrogens (primary N) is 1. The lowest BCUT2D eigenvalue weighted by atomic mass is 10.1. The van der Waals surface area contributed by atoms with Crippen LogP contribution >= 0.6 is 0 Å². The molecule has 1 atom stereocenters. The number of nitrogens with one attached hydrogen (secondary N) is 1. The van der Waals surface area contributed by atoms with E-state index in [1.165, 1.54) is 0 Å². The van der Waals surface area contributed by atoms with Gasteiger partial charge in [-0.1, -0.05) is 31.9 Å². The molecule has 0 saturated carbocycles. The van der Waals surface area contributed by atoms with Gasteiger partial charge in [0.1, 0.15) is 11.8 Å². The first-order valence-electron chi connectivity index (χ1n) is 9.00. The van der Waals surface area contributed by atoms with Gasteiger partial charge in [-0.3, -0.25) is 4.79 Å². The zero-order valence-electron chi connectivity index (χ0n) is 15.0. The molecular formula is C19H30N2O4. The van der Waals surface area contributed by atoms with Gasteiger partial charge in [0.25, 0.3) is 0 Å². The van der Waals surface area contributed by atoms with E-state index in [0.29, 0.717) is 19.4 Å². The van der Waals surface area contributed by atoms with E-state index in [4.69, 9.17) is 10.5 Å². The number of carboxylic acids is 1. The molecule has 0 aliphatic rings. The van der Waals surface area contributed by atoms with Crippen LogP contribution in [0.2, 0.25) is 0 Å². The van der Waals surface area contributed by atoms with Gasteiger partial charge in [0.2, 0.25) is 5.91 Å². The van der Waals surface area contributed by atoms with Crippen LogP contribution in [0.5, 0.6) is 5.75 Å². The SMILES string of the molecule is CCCC(=O)N[C@@H](Cc1ccc(OCCCCCCN)cc1)C(=O)O. The lowest BCUT2D eigenvalue weighted by Gasteiger charge is -2.15. The Kier molecular flexibility index (Phi) is 10.3. The average molecular weight is 350 g/mol. The molecule has 0 unspecified atom stereocenters. The number of hydrogen-bond donors (Lipinski definition) is 3. The molecule has 6 nitrogen and oxygen atoms in total. The first kappa shape index (κ1) is 21.0. The maximum absolute atomic E-state index is 11.6. The molecule has 6 heteroatoms. The molecule has 1 aromatic rings. The summed E-state index contributed by atoms with van der Waals surface area (Å²) in [6.45, 7) is 3.28. The number of unbranched alkanes of at least 4 members (excludes halogenated alkanes) is 3. The third-order valence-corrected chi connectivity index (χ3v) is 3.84. The van der Waals surface area contributed by atoms with Crippen LogP contribution in [0.1, 0.15) is 51.0 Å². The predicted molar refractivity (Wildman–Crippen MR) is 97.6 cm³/mol. The molecule has 1 amide bonds. The lowest BCUT2D eigenvalue weighted by molar-refractivity contribution is -0.141. The smallest absolute Gasteiger partial charge is 0.326 e. The number of carbonyl (C=O) groups excluding carboxylic acids is 1. The van der Waals surface area contributed by atoms with Crippen molar-refractivity contribution in [2.24, 2.45) is 5.73 Å². The fourth-order valence-corrected chi connectivity index (χ4v) is 2.44. The van der Waals surface area contributed by atoms with Crippen molar-refractivity contribution in [2.75, 3.05) is 13.2 Å². The second-order valence-electron chi connectivity index (χ2n) is 6.11. The summed E-state index contributed by atoms with van der Waals surface area (Å²) in [7, 11) is 0. The fourth-order valence-electron chi connectivity index (χ4n) is 2.44. The highest BCUT2D eigenvalue weighted by Crippen LogP contribution is 2.14. The van der Waals surface area contributed by atoms with E-state index in [9.17, 15) is 14.7 Å². The zero-order valence-corrected chi connectivity index (χ0v) is 15.0. The van der Waals surface area contributed by atoms with Crippen LogP contribution in [-0.2, 0) is 16.0 Å². The van der Waals surface area contributed by atoms with Crippen molar-refractivity contribution >= 4 is 11.9 Å². The maximum atomic E-state index is 11.6. The Morgan fingerprint density at radius 2 is 1.84 bits per heavy atom. The quantitative estimate of drug-likeness (QED) is 0.474. The highest BCUT2D eigenvalue weighted by molar-refractivity contribution is 5.83. The second kappa shape index (κ2) is 12.3. The van der Waals surface area contributed by atoms with Crippen LogP contribution in [0.3, 0.4) is 0 Å². The molecule has 140 valence electrons. The fraction of sp³-hybridized carbons (Fsp3) is 0.579. The summed E-state index contributed by atoms with van der Waals surface area (Å²) in [5.74, 6) is -0.490. The minimum absolute atomic E-state index is 0.232. The summed E-state index contributed by atoms with van der Waals surface area (Å²) in [6.07, 6.45) is 5.55. The van der Waals surface area contributed by atoms with Crippen LogP contribution in [0.4, 0.5) is 0 Å². The van der Waals surface area contributed by atoms with Gasteiger partial charge in [-0.25, -0.2) is 4.79 Å². The summed E-state index contributed by atoms with van der Waals surface area (Å²) in [5.41, 5.74) is 6.30. The Hall–Kier alpha value is -2.08. The molecule has 0 heterocycles. The molecule has 0 aliphatic heterocycles. The van der Waals surface area contributed by atoms with Crippen LogP contribution in [0.25, 0.3) is 0 Å². The molecule has 0 aliphatic carbocycles. The van der Waals surface area contributed by atoms with Crippen molar-refractivity contribution in [3.05, 3.63) is 29.8 Å². The number of rotatable bonds is 13. The number of ether oxygens (including phenoxy) is 1. The minimum atomic E-state index is -1.03. The van der Waals surface area contributed by atoms with E-state index in [0.717, 1.165) is 43.5 Å². The summed E-state index contributed by atoms with van der Waals surface area (Å²) in [5, 5.41) is 11.8. The van der Waals surface area contributed by atoms with Gasteiger partial charge in [-0.15, -0.1) is 0 Å². The molecule has 25 heavy (non-hydrogen) atoms. The van der Waals surface area contributed by atoms with E-state index in [1.807, 2.05) is 31.2 Å². The first-order valence-corrected chi connectivity index (χ1v) is 9.00. The van der Waals surface area contributed by atoms with E-state index in [1.54, 1.807) is 0 Å². The number of hydrogen-bond acceptors (Lipinski definition) is 4. The standard InChI is InChI=1S/C19H30N2O4/c1-2-7-18(22)21-17(19(23)24)14-15-8-10-16(11-9-15)25-13-6-4-3-5-12-20/h8-11,17H,2-7,12-14,20H2,1H3,(H,21,22)(H,23,24)/t17-/m0/s1. The Balaban J connectivity index is 2.43. The summed E-state index contributed by atoms with van der Waals surface area (Å²) in [6, 6.07) is 6.44. The van der Waals surface area contributed by atoms with E-state index >= 15 is 0 Å². The first-order chi connectivity index (χ1) is 12.1. The van der Waals surface area contributed by atoms with Crippen molar-refractivity contribution in [3.8, 4) is 5.75 Å². The highest BCUT2D eigenvalue weighted by Gasteiger charge is 2.19. The van der Waals surface area contributed by atoms with Crippen molar-refractivity contribution in [1.29, 1.82) is 0 Å². The van der Waals surface area contributed by atoms with Crippen LogP contribution in [0.15, 0.2) is 24.3 Å². The van der Waals surface area contributed by atoms with Gasteiger partial charge in [-0.05, 0) is 43.5 Å². The Labute approximate surface area is 149 Å². The second-order valence-corrected chi connectivity index (χ2v) is 6.11. The molecule has 4 N–H and O–H groups in total. The van der Waals surface area contributed by atoms with Gasteiger partial charge in [-0.2, -0.15) is 0 Å². The summed E-state index contributed by atoms with van der Waals surface area (Å²) < 4.78 is 5.67. The van der Waals surface area contributed by atoms with Crippen LogP contribution in [-0.4, -0.2) is 36.2 Å². The van der Waals surface area contributed by atoms with Crippen molar-refractivity contribution < 1.29 is 19.4 Å². The Morgan fingerprint density at radius 1 is 1.16 bits per heavy atom. The third kappa shape index (κ3) is 9.10. The predicted octanol–water partition coefficient (Wildman–Crippen LogP) is 2.50. The zero-order chi connectivity index (χ0) is 18.5. The molecule has 0 bridgehead atoms.